The monoisotopic (exact) mass is 891 g/mol. The highest BCUT2D eigenvalue weighted by Crippen LogP contribution is 2.65. The van der Waals surface area contributed by atoms with Crippen molar-refractivity contribution in [1.82, 2.24) is 0 Å². The molecule has 70 heavy (non-hydrogen) atoms. The van der Waals surface area contributed by atoms with Crippen LogP contribution in [0.15, 0.2) is 265 Å². The summed E-state index contributed by atoms with van der Waals surface area (Å²) in [6, 6.07) is 95.9. The van der Waals surface area contributed by atoms with E-state index in [0.717, 1.165) is 33.3 Å². The maximum absolute atomic E-state index is 6.88. The van der Waals surface area contributed by atoms with Crippen LogP contribution in [0.25, 0.3) is 88.7 Å². The highest BCUT2D eigenvalue weighted by atomic mass is 16.3. The molecule has 1 aromatic heterocycles. The van der Waals surface area contributed by atoms with E-state index in [9.17, 15) is 0 Å². The van der Waals surface area contributed by atoms with Crippen molar-refractivity contribution >= 4 is 33.3 Å². The third-order valence-corrected chi connectivity index (χ3v) is 15.0. The first-order valence-corrected chi connectivity index (χ1v) is 24.3. The van der Waals surface area contributed by atoms with Gasteiger partial charge in [0.25, 0.3) is 0 Å². The van der Waals surface area contributed by atoms with Crippen LogP contribution >= 0.6 is 0 Å². The molecule has 1 unspecified atom stereocenters. The lowest BCUT2D eigenvalue weighted by Gasteiger charge is -2.33. The maximum Gasteiger partial charge on any atom is 0.143 e. The molecule has 2 nitrogen and oxygen atoms in total. The number of furan rings is 1. The number of nitrogens with zero attached hydrogens (tertiary/aromatic N) is 1. The molecule has 2 aliphatic carbocycles. The average molecular weight is 892 g/mol. The Hall–Kier alpha value is -8.98. The first-order valence-electron chi connectivity index (χ1n) is 24.3. The van der Waals surface area contributed by atoms with Gasteiger partial charge in [0, 0.05) is 39.7 Å². The molecule has 0 bridgehead atoms. The van der Waals surface area contributed by atoms with Crippen LogP contribution in [0.3, 0.4) is 0 Å². The van der Waals surface area contributed by atoms with Gasteiger partial charge in [-0.1, -0.05) is 237 Å². The summed E-state index contributed by atoms with van der Waals surface area (Å²) in [7, 11) is 0. The predicted molar refractivity (Wildman–Crippen MR) is 290 cm³/mol. The van der Waals surface area contributed by atoms with Crippen LogP contribution in [0.5, 0.6) is 0 Å². The Morgan fingerprint density at radius 1 is 0.329 bits per heavy atom. The number of hydrogen-bond donors (Lipinski definition) is 0. The van der Waals surface area contributed by atoms with E-state index in [1.807, 2.05) is 0 Å². The van der Waals surface area contributed by atoms with E-state index in [1.165, 1.54) is 94.6 Å². The van der Waals surface area contributed by atoms with E-state index >= 15 is 0 Å². The first-order chi connectivity index (χ1) is 34.7. The van der Waals surface area contributed by atoms with Crippen LogP contribution in [-0.2, 0) is 12.0 Å². The van der Waals surface area contributed by atoms with Gasteiger partial charge < -0.3 is 9.32 Å². The summed E-state index contributed by atoms with van der Waals surface area (Å²) in [5.41, 5.74) is 24.3. The Kier molecular flexibility index (Phi) is 9.22. The molecule has 0 saturated carbocycles. The third-order valence-electron chi connectivity index (χ3n) is 15.0. The smallest absolute Gasteiger partial charge is 0.143 e. The van der Waals surface area contributed by atoms with Crippen molar-refractivity contribution in [2.75, 3.05) is 4.90 Å². The quantitative estimate of drug-likeness (QED) is 0.151. The fourth-order valence-corrected chi connectivity index (χ4v) is 12.0. The summed E-state index contributed by atoms with van der Waals surface area (Å²) in [5, 5.41) is 2.29. The minimum absolute atomic E-state index is 0.559. The SMILES string of the molecule is c1ccc(-c2cc(-c3ccccc3)cc(N(Cc3cccc4c3-c3ccccc3C43c4ccccc4-c4c3ccc3c4oc4ccccc43)c3c(-c4ccccc4)cccc3-c3ccccc3)c2)cc1. The normalized spacial score (nSPS) is 14.1. The van der Waals surface area contributed by atoms with Crippen LogP contribution in [-0.4, -0.2) is 0 Å². The molecule has 14 rings (SSSR count). The van der Waals surface area contributed by atoms with E-state index in [-0.39, 0.29) is 0 Å². The first kappa shape index (κ1) is 40.1. The number of fused-ring (bicyclic) bond motifs is 14. The van der Waals surface area contributed by atoms with Gasteiger partial charge in [-0.2, -0.15) is 0 Å². The van der Waals surface area contributed by atoms with Crippen molar-refractivity contribution in [1.29, 1.82) is 0 Å². The lowest BCUT2D eigenvalue weighted by Crippen LogP contribution is -2.26. The fourth-order valence-electron chi connectivity index (χ4n) is 12.0. The van der Waals surface area contributed by atoms with Crippen LogP contribution < -0.4 is 4.90 Å². The van der Waals surface area contributed by atoms with Crippen LogP contribution in [0, 0.1) is 0 Å². The second-order valence-corrected chi connectivity index (χ2v) is 18.7. The van der Waals surface area contributed by atoms with Crippen molar-refractivity contribution in [2.45, 2.75) is 12.0 Å². The molecular formula is C68H45NO. The zero-order valence-electron chi connectivity index (χ0n) is 38.4. The number of anilines is 2. The average Bonchev–Trinajstić information content (AvgIpc) is 4.08. The van der Waals surface area contributed by atoms with Gasteiger partial charge in [0.2, 0.25) is 0 Å². The van der Waals surface area contributed by atoms with Gasteiger partial charge in [0.15, 0.2) is 0 Å². The molecule has 0 N–H and O–H groups in total. The Bertz CT molecular complexity index is 3850. The summed E-state index contributed by atoms with van der Waals surface area (Å²) >= 11 is 0. The second kappa shape index (κ2) is 16.1. The second-order valence-electron chi connectivity index (χ2n) is 18.7. The van der Waals surface area contributed by atoms with E-state index in [0.29, 0.717) is 6.54 Å². The van der Waals surface area contributed by atoms with Gasteiger partial charge in [-0.3, -0.25) is 0 Å². The summed E-state index contributed by atoms with van der Waals surface area (Å²) in [6.45, 7) is 0.598. The molecule has 1 heterocycles. The number of rotatable bonds is 8. The van der Waals surface area contributed by atoms with Crippen molar-refractivity contribution < 1.29 is 4.42 Å². The zero-order chi connectivity index (χ0) is 46.2. The molecule has 2 heteroatoms. The van der Waals surface area contributed by atoms with Crippen LogP contribution in [0.4, 0.5) is 11.4 Å². The third kappa shape index (κ3) is 6.06. The largest absolute Gasteiger partial charge is 0.455 e. The van der Waals surface area contributed by atoms with Crippen LogP contribution in [0.1, 0.15) is 27.8 Å². The molecule has 1 atom stereocenters. The molecule has 11 aromatic carbocycles. The number of para-hydroxylation sites is 2. The van der Waals surface area contributed by atoms with E-state index in [2.05, 4.69) is 266 Å². The molecule has 12 aromatic rings. The van der Waals surface area contributed by atoms with Crippen molar-refractivity contribution in [3.8, 4) is 66.8 Å². The van der Waals surface area contributed by atoms with E-state index in [4.69, 9.17) is 4.42 Å². The van der Waals surface area contributed by atoms with Crippen LogP contribution in [0.2, 0.25) is 0 Å². The Balaban J connectivity index is 1.06. The standard InChI is InChI=1S/C68H45NO/c1-5-21-45(22-6-1)50-41-51(46-23-7-2-8-24-46)43-52(42-50)69(66-53(47-25-9-3-10-26-47)33-20-34-54(66)48-27-11-4-12-28-48)44-49-29-19-37-61-64(49)57-31-13-16-35-59(57)68(61)60-36-17-14-32-58(60)65-62(68)40-39-56-55-30-15-18-38-63(55)70-67(56)65/h1-43H,44H2. The molecule has 1 spiro atoms. The van der Waals surface area contributed by atoms with Gasteiger partial charge in [-0.05, 0) is 102 Å². The molecule has 0 saturated heterocycles. The van der Waals surface area contributed by atoms with Gasteiger partial charge >= 0.3 is 0 Å². The highest BCUT2D eigenvalue weighted by molar-refractivity contribution is 6.13. The molecule has 0 fully saturated rings. The van der Waals surface area contributed by atoms with E-state index < -0.39 is 5.41 Å². The topological polar surface area (TPSA) is 16.4 Å². The van der Waals surface area contributed by atoms with Crippen molar-refractivity contribution in [3.05, 3.63) is 289 Å². The van der Waals surface area contributed by atoms with Gasteiger partial charge in [-0.15, -0.1) is 0 Å². The summed E-state index contributed by atoms with van der Waals surface area (Å²) in [4.78, 5) is 2.61. The zero-order valence-corrected chi connectivity index (χ0v) is 38.4. The van der Waals surface area contributed by atoms with E-state index in [1.54, 1.807) is 0 Å². The number of benzene rings is 11. The Labute approximate surface area is 408 Å². The van der Waals surface area contributed by atoms with Crippen molar-refractivity contribution in [2.24, 2.45) is 0 Å². The molecule has 0 aliphatic heterocycles. The maximum atomic E-state index is 6.88. The van der Waals surface area contributed by atoms with Crippen molar-refractivity contribution in [3.63, 3.8) is 0 Å². The predicted octanol–water partition coefficient (Wildman–Crippen LogP) is 17.9. The van der Waals surface area contributed by atoms with Gasteiger partial charge in [0.1, 0.15) is 11.2 Å². The van der Waals surface area contributed by atoms with Gasteiger partial charge in [0.05, 0.1) is 11.1 Å². The molecular weight excluding hydrogens is 847 g/mol. The lowest BCUT2D eigenvalue weighted by molar-refractivity contribution is 0.669. The summed E-state index contributed by atoms with van der Waals surface area (Å²) in [5.74, 6) is 0. The summed E-state index contributed by atoms with van der Waals surface area (Å²) in [6.07, 6.45) is 0. The number of hydrogen-bond acceptors (Lipinski definition) is 2. The van der Waals surface area contributed by atoms with Gasteiger partial charge in [-0.25, -0.2) is 0 Å². The Morgan fingerprint density at radius 3 is 1.41 bits per heavy atom. The Morgan fingerprint density at radius 2 is 0.800 bits per heavy atom. The minimum Gasteiger partial charge on any atom is -0.455 e. The molecule has 2 aliphatic rings. The fraction of sp³-hybridized carbons (Fsp3) is 0.0294. The lowest BCUT2D eigenvalue weighted by atomic mass is 9.70. The summed E-state index contributed by atoms with van der Waals surface area (Å²) < 4.78 is 6.88. The molecule has 328 valence electrons. The highest BCUT2D eigenvalue weighted by Gasteiger charge is 2.53. The minimum atomic E-state index is -0.559. The molecule has 0 amide bonds. The molecule has 0 radical (unpaired) electrons.